The fourth-order valence-corrected chi connectivity index (χ4v) is 2.69. The van der Waals surface area contributed by atoms with E-state index in [0.717, 1.165) is 17.2 Å². The standard InChI is InChI=1S/C15H17N3O5S/c16-24(22,23)15-8-13(7-14(9-15)18(20)21)17-6-5-11-1-3-12(10-19)4-2-11/h1-4,7-9,17,19H,5-6,10H2,(H2,16,22,23). The van der Waals surface area contributed by atoms with Gasteiger partial charge in [-0.15, -0.1) is 0 Å². The number of hydrogen-bond acceptors (Lipinski definition) is 6. The predicted molar refractivity (Wildman–Crippen MR) is 89.0 cm³/mol. The van der Waals surface area contributed by atoms with Gasteiger partial charge in [-0.1, -0.05) is 24.3 Å². The normalized spacial score (nSPS) is 11.2. The Bertz CT molecular complexity index is 835. The molecular weight excluding hydrogens is 334 g/mol. The number of nitro benzene ring substituents is 1. The van der Waals surface area contributed by atoms with Gasteiger partial charge in [0.15, 0.2) is 0 Å². The number of nitrogens with two attached hydrogens (primary N) is 1. The quantitative estimate of drug-likeness (QED) is 0.509. The summed E-state index contributed by atoms with van der Waals surface area (Å²) in [5.74, 6) is 0. The van der Waals surface area contributed by atoms with Crippen molar-refractivity contribution in [1.82, 2.24) is 0 Å². The highest BCUT2D eigenvalue weighted by Crippen LogP contribution is 2.23. The number of nitro groups is 1. The van der Waals surface area contributed by atoms with E-state index in [1.165, 1.54) is 12.1 Å². The molecule has 0 radical (unpaired) electrons. The molecule has 0 atom stereocenters. The first-order chi connectivity index (χ1) is 11.3. The zero-order valence-corrected chi connectivity index (χ0v) is 13.5. The second-order valence-corrected chi connectivity index (χ2v) is 6.73. The number of anilines is 1. The molecule has 0 aliphatic rings. The summed E-state index contributed by atoms with van der Waals surface area (Å²) in [6.45, 7) is 0.423. The lowest BCUT2D eigenvalue weighted by Crippen LogP contribution is -2.13. The minimum atomic E-state index is -4.03. The second kappa shape index (κ2) is 7.39. The van der Waals surface area contributed by atoms with Crippen LogP contribution in [0.15, 0.2) is 47.4 Å². The van der Waals surface area contributed by atoms with Gasteiger partial charge in [-0.05, 0) is 23.6 Å². The number of primary sulfonamides is 1. The van der Waals surface area contributed by atoms with Gasteiger partial charge in [-0.25, -0.2) is 13.6 Å². The van der Waals surface area contributed by atoms with E-state index in [1.807, 2.05) is 24.3 Å². The minimum Gasteiger partial charge on any atom is -0.392 e. The van der Waals surface area contributed by atoms with E-state index in [1.54, 1.807) is 0 Å². The maximum Gasteiger partial charge on any atom is 0.272 e. The molecule has 0 saturated heterocycles. The molecule has 0 amide bonds. The monoisotopic (exact) mass is 351 g/mol. The molecule has 0 aliphatic heterocycles. The highest BCUT2D eigenvalue weighted by molar-refractivity contribution is 7.89. The number of non-ortho nitro benzene ring substituents is 1. The number of benzene rings is 2. The zero-order valence-electron chi connectivity index (χ0n) is 12.7. The lowest BCUT2D eigenvalue weighted by Gasteiger charge is -2.08. The first-order valence-corrected chi connectivity index (χ1v) is 8.59. The Hall–Kier alpha value is -2.49. The van der Waals surface area contributed by atoms with Crippen LogP contribution in [-0.2, 0) is 23.1 Å². The number of nitrogens with zero attached hydrogens (tertiary/aromatic N) is 1. The highest BCUT2D eigenvalue weighted by Gasteiger charge is 2.16. The molecule has 0 spiro atoms. The fourth-order valence-electron chi connectivity index (χ4n) is 2.12. The summed E-state index contributed by atoms with van der Waals surface area (Å²) >= 11 is 0. The number of aliphatic hydroxyl groups excluding tert-OH is 1. The van der Waals surface area contributed by atoms with Crippen molar-refractivity contribution in [3.8, 4) is 0 Å². The number of sulfonamides is 1. The lowest BCUT2D eigenvalue weighted by molar-refractivity contribution is -0.385. The molecule has 0 fully saturated rings. The molecule has 4 N–H and O–H groups in total. The smallest absolute Gasteiger partial charge is 0.272 e. The topological polar surface area (TPSA) is 136 Å². The molecule has 2 aromatic rings. The first-order valence-electron chi connectivity index (χ1n) is 7.04. The summed E-state index contributed by atoms with van der Waals surface area (Å²) < 4.78 is 22.8. The molecule has 0 aliphatic carbocycles. The van der Waals surface area contributed by atoms with Gasteiger partial charge in [0.25, 0.3) is 5.69 Å². The van der Waals surface area contributed by atoms with Gasteiger partial charge in [0.1, 0.15) is 0 Å². The Morgan fingerprint density at radius 1 is 1.12 bits per heavy atom. The van der Waals surface area contributed by atoms with Crippen LogP contribution in [0.5, 0.6) is 0 Å². The zero-order chi connectivity index (χ0) is 17.7. The maximum absolute atomic E-state index is 11.4. The van der Waals surface area contributed by atoms with Crippen molar-refractivity contribution in [1.29, 1.82) is 0 Å². The number of hydrogen-bond donors (Lipinski definition) is 3. The van der Waals surface area contributed by atoms with E-state index in [9.17, 15) is 18.5 Å². The molecule has 24 heavy (non-hydrogen) atoms. The van der Waals surface area contributed by atoms with Gasteiger partial charge in [0, 0.05) is 24.4 Å². The molecule has 0 heterocycles. The van der Waals surface area contributed by atoms with E-state index in [0.29, 0.717) is 18.7 Å². The average Bonchev–Trinajstić information content (AvgIpc) is 2.54. The Kier molecular flexibility index (Phi) is 5.50. The van der Waals surface area contributed by atoms with Crippen LogP contribution in [0.4, 0.5) is 11.4 Å². The van der Waals surface area contributed by atoms with E-state index < -0.39 is 14.9 Å². The molecular formula is C15H17N3O5S. The third-order valence-electron chi connectivity index (χ3n) is 3.38. The van der Waals surface area contributed by atoms with Crippen LogP contribution in [-0.4, -0.2) is 25.0 Å². The Balaban J connectivity index is 2.10. The average molecular weight is 351 g/mol. The summed E-state index contributed by atoms with van der Waals surface area (Å²) in [5.41, 5.74) is 1.77. The van der Waals surface area contributed by atoms with Crippen molar-refractivity contribution in [2.24, 2.45) is 5.14 Å². The van der Waals surface area contributed by atoms with E-state index in [-0.39, 0.29) is 17.2 Å². The van der Waals surface area contributed by atoms with Crippen molar-refractivity contribution in [2.45, 2.75) is 17.9 Å². The van der Waals surface area contributed by atoms with E-state index in [2.05, 4.69) is 5.32 Å². The number of aliphatic hydroxyl groups is 1. The van der Waals surface area contributed by atoms with Gasteiger partial charge in [-0.2, -0.15) is 0 Å². The fraction of sp³-hybridized carbons (Fsp3) is 0.200. The van der Waals surface area contributed by atoms with Crippen LogP contribution in [0.2, 0.25) is 0 Å². The highest BCUT2D eigenvalue weighted by atomic mass is 32.2. The van der Waals surface area contributed by atoms with Crippen LogP contribution < -0.4 is 10.5 Å². The van der Waals surface area contributed by atoms with E-state index in [4.69, 9.17) is 10.2 Å². The molecule has 0 aromatic heterocycles. The Labute approximate surface area is 139 Å². The summed E-state index contributed by atoms with van der Waals surface area (Å²) in [6, 6.07) is 10.8. The third-order valence-corrected chi connectivity index (χ3v) is 4.27. The molecule has 128 valence electrons. The first kappa shape index (κ1) is 17.9. The molecule has 0 bridgehead atoms. The van der Waals surface area contributed by atoms with Gasteiger partial charge in [0.05, 0.1) is 16.4 Å². The predicted octanol–water partition coefficient (Wildman–Crippen LogP) is 1.39. The summed E-state index contributed by atoms with van der Waals surface area (Å²) in [6.07, 6.45) is 0.624. The summed E-state index contributed by atoms with van der Waals surface area (Å²) in [5, 5.41) is 27.9. The van der Waals surface area contributed by atoms with Gasteiger partial charge >= 0.3 is 0 Å². The van der Waals surface area contributed by atoms with Gasteiger partial charge in [-0.3, -0.25) is 10.1 Å². The Morgan fingerprint density at radius 2 is 1.75 bits per heavy atom. The molecule has 2 rings (SSSR count). The third kappa shape index (κ3) is 4.75. The van der Waals surface area contributed by atoms with Crippen molar-refractivity contribution in [3.05, 3.63) is 63.7 Å². The van der Waals surface area contributed by atoms with Crippen molar-refractivity contribution < 1.29 is 18.4 Å². The summed E-state index contributed by atoms with van der Waals surface area (Å²) in [4.78, 5) is 9.92. The van der Waals surface area contributed by atoms with Gasteiger partial charge in [0.2, 0.25) is 10.0 Å². The second-order valence-electron chi connectivity index (χ2n) is 5.17. The van der Waals surface area contributed by atoms with Crippen LogP contribution in [0.3, 0.4) is 0 Å². The number of rotatable bonds is 7. The lowest BCUT2D eigenvalue weighted by atomic mass is 10.1. The van der Waals surface area contributed by atoms with Crippen LogP contribution >= 0.6 is 0 Å². The number of nitrogens with one attached hydrogen (secondary N) is 1. The SMILES string of the molecule is NS(=O)(=O)c1cc(NCCc2ccc(CO)cc2)cc([N+](=O)[O-])c1. The van der Waals surface area contributed by atoms with Crippen molar-refractivity contribution in [2.75, 3.05) is 11.9 Å². The van der Waals surface area contributed by atoms with Crippen LogP contribution in [0.1, 0.15) is 11.1 Å². The molecule has 9 heteroatoms. The van der Waals surface area contributed by atoms with Crippen LogP contribution in [0.25, 0.3) is 0 Å². The molecule has 0 saturated carbocycles. The van der Waals surface area contributed by atoms with Crippen LogP contribution in [0, 0.1) is 10.1 Å². The molecule has 8 nitrogen and oxygen atoms in total. The van der Waals surface area contributed by atoms with Crippen molar-refractivity contribution >= 4 is 21.4 Å². The van der Waals surface area contributed by atoms with E-state index >= 15 is 0 Å². The van der Waals surface area contributed by atoms with Gasteiger partial charge < -0.3 is 10.4 Å². The summed E-state index contributed by atoms with van der Waals surface area (Å²) in [7, 11) is -4.03. The minimum absolute atomic E-state index is 0.0252. The molecule has 0 unspecified atom stereocenters. The Morgan fingerprint density at radius 3 is 2.29 bits per heavy atom. The maximum atomic E-state index is 11.4. The molecule has 2 aromatic carbocycles. The van der Waals surface area contributed by atoms with Crippen molar-refractivity contribution in [3.63, 3.8) is 0 Å². The largest absolute Gasteiger partial charge is 0.392 e.